The molecule has 0 aliphatic carbocycles. The normalized spacial score (nSPS) is 16.0. The Morgan fingerprint density at radius 2 is 1.98 bits per heavy atom. The summed E-state index contributed by atoms with van der Waals surface area (Å²) in [4.78, 5) is 14.3. The Labute approximate surface area is 236 Å². The molecule has 0 saturated heterocycles. The topological polar surface area (TPSA) is 126 Å². The van der Waals surface area contributed by atoms with Crippen LogP contribution in [0.2, 0.25) is 0 Å². The Morgan fingerprint density at radius 1 is 1.23 bits per heavy atom. The number of nitrogens with one attached hydrogen (secondary N) is 1. The van der Waals surface area contributed by atoms with Gasteiger partial charge in [0.15, 0.2) is 5.75 Å². The third-order valence-corrected chi connectivity index (χ3v) is 8.19. The fourth-order valence-corrected chi connectivity index (χ4v) is 5.91. The van der Waals surface area contributed by atoms with E-state index in [1.807, 2.05) is 13.8 Å². The van der Waals surface area contributed by atoms with E-state index in [0.29, 0.717) is 6.42 Å². The highest BCUT2D eigenvalue weighted by molar-refractivity contribution is 7.92. The van der Waals surface area contributed by atoms with E-state index in [1.54, 1.807) is 12.1 Å². The van der Waals surface area contributed by atoms with E-state index in [0.717, 1.165) is 61.2 Å². The zero-order chi connectivity index (χ0) is 29.5. The lowest BCUT2D eigenvalue weighted by Crippen LogP contribution is -2.39. The van der Waals surface area contributed by atoms with E-state index >= 15 is 0 Å². The number of hydrogen-bond donors (Lipinski definition) is 1. The number of benzene rings is 1. The van der Waals surface area contributed by atoms with Gasteiger partial charge in [-0.05, 0) is 49.3 Å². The number of alkyl halides is 3. The number of sulfonamides is 1. The second-order valence-corrected chi connectivity index (χ2v) is 12.7. The van der Waals surface area contributed by atoms with Crippen LogP contribution in [0.5, 0.6) is 0 Å². The molecule has 40 heavy (non-hydrogen) atoms. The zero-order valence-corrected chi connectivity index (χ0v) is 24.6. The van der Waals surface area contributed by atoms with Gasteiger partial charge in [0.2, 0.25) is 15.0 Å². The highest BCUT2D eigenvalue weighted by atomic mass is 32.2. The number of hydrogen-bond acceptors (Lipinski definition) is 10. The number of azo groups is 1. The van der Waals surface area contributed by atoms with E-state index in [9.17, 15) is 26.4 Å². The van der Waals surface area contributed by atoms with Crippen molar-refractivity contribution in [2.75, 3.05) is 28.5 Å². The van der Waals surface area contributed by atoms with Crippen molar-refractivity contribution >= 4 is 49.5 Å². The molecule has 0 bridgehead atoms. The molecule has 0 spiro atoms. The molecule has 1 aliphatic rings. The summed E-state index contributed by atoms with van der Waals surface area (Å²) in [5.41, 5.74) is 1.57. The molecule has 15 heteroatoms. The van der Waals surface area contributed by atoms with Crippen LogP contribution in [0.3, 0.4) is 0 Å². The van der Waals surface area contributed by atoms with Crippen molar-refractivity contribution < 1.29 is 31.1 Å². The molecule has 3 rings (SSSR count). The van der Waals surface area contributed by atoms with Gasteiger partial charge in [0.25, 0.3) is 5.13 Å². The van der Waals surface area contributed by atoms with Crippen molar-refractivity contribution in [1.82, 2.24) is 10.2 Å². The van der Waals surface area contributed by atoms with E-state index in [1.165, 1.54) is 0 Å². The predicted molar refractivity (Wildman–Crippen MR) is 148 cm³/mol. The third kappa shape index (κ3) is 9.11. The summed E-state index contributed by atoms with van der Waals surface area (Å²) in [5, 5.41) is 15.6. The number of fused-ring (bicyclic) bond motifs is 1. The highest BCUT2D eigenvalue weighted by Gasteiger charge is 2.36. The van der Waals surface area contributed by atoms with Gasteiger partial charge in [0.1, 0.15) is 5.69 Å². The maximum Gasteiger partial charge on any atom is 0.404 e. The number of rotatable bonds is 13. The Morgan fingerprint density at radius 3 is 2.62 bits per heavy atom. The minimum atomic E-state index is -4.92. The van der Waals surface area contributed by atoms with Gasteiger partial charge in [-0.25, -0.2) is 13.2 Å². The number of halogens is 3. The van der Waals surface area contributed by atoms with Gasteiger partial charge in [0, 0.05) is 18.3 Å². The molecule has 0 fully saturated rings. The van der Waals surface area contributed by atoms with Crippen LogP contribution in [-0.4, -0.2) is 55.7 Å². The minimum absolute atomic E-state index is 0.00514. The first kappa shape index (κ1) is 31.7. The molecule has 0 radical (unpaired) electrons. The Kier molecular flexibility index (Phi) is 10.9. The van der Waals surface area contributed by atoms with Gasteiger partial charge in [-0.3, -0.25) is 4.72 Å². The number of aryl methyl sites for hydroxylation is 1. The number of carbonyl (C=O) groups is 1. The van der Waals surface area contributed by atoms with Crippen molar-refractivity contribution in [1.29, 1.82) is 0 Å². The lowest BCUT2D eigenvalue weighted by atomic mass is 9.93. The van der Waals surface area contributed by atoms with Gasteiger partial charge in [-0.1, -0.05) is 51.9 Å². The number of unbranched alkanes of at least 4 members (excludes halogenated alkanes) is 2. The number of aromatic nitrogens is 2. The Hall–Kier alpha value is -2.81. The van der Waals surface area contributed by atoms with Crippen LogP contribution in [0.4, 0.5) is 35.4 Å². The van der Waals surface area contributed by atoms with Crippen LogP contribution < -0.4 is 9.62 Å². The zero-order valence-electron chi connectivity index (χ0n) is 23.0. The number of anilines is 2. The number of ether oxygens (including phenoxy) is 1. The average molecular weight is 605 g/mol. The fourth-order valence-electron chi connectivity index (χ4n) is 4.34. The molecule has 1 aliphatic heterocycles. The van der Waals surface area contributed by atoms with Crippen LogP contribution >= 0.6 is 11.3 Å². The van der Waals surface area contributed by atoms with Crippen LogP contribution in [-0.2, 0) is 21.2 Å². The van der Waals surface area contributed by atoms with E-state index in [-0.39, 0.29) is 40.1 Å². The van der Waals surface area contributed by atoms with Crippen molar-refractivity contribution in [3.63, 3.8) is 0 Å². The standard InChI is InChI=1S/C25H35F3N6O4S2/c1-5-7-8-11-34-18(6-2)10-9-17-12-19(20(13-21(17)34)33-40(36,37)15-25(26,27)28)29-31-24-32-30-22(39-24)23(35)38-14-16(3)4/h12-13,16,18,33H,5-11,14-15H2,1-4H3. The maximum atomic E-state index is 13.0. The molecule has 2 heterocycles. The lowest BCUT2D eigenvalue weighted by Gasteiger charge is -2.39. The molecule has 1 atom stereocenters. The molecule has 1 N–H and O–H groups in total. The molecular weight excluding hydrogens is 569 g/mol. The fraction of sp³-hybridized carbons (Fsp3) is 0.640. The van der Waals surface area contributed by atoms with Crippen LogP contribution in [0.1, 0.15) is 75.2 Å². The monoisotopic (exact) mass is 604 g/mol. The molecule has 222 valence electrons. The van der Waals surface area contributed by atoms with Crippen molar-refractivity contribution in [3.05, 3.63) is 22.7 Å². The smallest absolute Gasteiger partial charge is 0.404 e. The van der Waals surface area contributed by atoms with Crippen LogP contribution in [0.15, 0.2) is 22.4 Å². The first-order valence-corrected chi connectivity index (χ1v) is 15.7. The quantitative estimate of drug-likeness (QED) is 0.152. The SMILES string of the molecule is CCCCCN1c2cc(NS(=O)(=O)CC(F)(F)F)c(N=Nc3nnc(C(=O)OCC(C)C)s3)cc2CCC1CC. The summed E-state index contributed by atoms with van der Waals surface area (Å²) >= 11 is 0.830. The maximum absolute atomic E-state index is 13.0. The summed E-state index contributed by atoms with van der Waals surface area (Å²) in [6.45, 7) is 8.91. The van der Waals surface area contributed by atoms with Gasteiger partial charge in [-0.2, -0.15) is 13.2 Å². The summed E-state index contributed by atoms with van der Waals surface area (Å²) in [6, 6.07) is 3.41. The second-order valence-electron chi connectivity index (χ2n) is 10.1. The van der Waals surface area contributed by atoms with Crippen LogP contribution in [0.25, 0.3) is 0 Å². The van der Waals surface area contributed by atoms with Crippen molar-refractivity contribution in [2.24, 2.45) is 16.1 Å². The molecule has 1 unspecified atom stereocenters. The predicted octanol–water partition coefficient (Wildman–Crippen LogP) is 6.79. The molecule has 10 nitrogen and oxygen atoms in total. The van der Waals surface area contributed by atoms with Gasteiger partial charge < -0.3 is 9.64 Å². The molecule has 0 amide bonds. The molecular formula is C25H35F3N6O4S2. The minimum Gasteiger partial charge on any atom is -0.460 e. The summed E-state index contributed by atoms with van der Waals surface area (Å²) in [7, 11) is -4.78. The number of carbonyl (C=O) groups excluding carboxylic acids is 1. The average Bonchev–Trinajstić information content (AvgIpc) is 3.33. The number of nitrogens with zero attached hydrogens (tertiary/aromatic N) is 5. The summed E-state index contributed by atoms with van der Waals surface area (Å²) in [6.07, 6.45) is 0.512. The molecule has 1 aromatic carbocycles. The second kappa shape index (κ2) is 13.7. The largest absolute Gasteiger partial charge is 0.460 e. The van der Waals surface area contributed by atoms with E-state index < -0.39 is 27.9 Å². The Balaban J connectivity index is 1.97. The van der Waals surface area contributed by atoms with Crippen LogP contribution in [0, 0.1) is 5.92 Å². The highest BCUT2D eigenvalue weighted by Crippen LogP contribution is 2.41. The van der Waals surface area contributed by atoms with E-state index in [2.05, 4.69) is 43.9 Å². The molecule has 1 aromatic heterocycles. The summed E-state index contributed by atoms with van der Waals surface area (Å²) in [5.74, 6) is -2.56. The van der Waals surface area contributed by atoms with Crippen molar-refractivity contribution in [3.8, 4) is 0 Å². The third-order valence-electron chi connectivity index (χ3n) is 6.17. The first-order chi connectivity index (χ1) is 18.8. The molecule has 2 aromatic rings. The van der Waals surface area contributed by atoms with Gasteiger partial charge >= 0.3 is 12.1 Å². The van der Waals surface area contributed by atoms with E-state index in [4.69, 9.17) is 4.74 Å². The lowest BCUT2D eigenvalue weighted by molar-refractivity contribution is -0.106. The molecule has 0 saturated carbocycles. The van der Waals surface area contributed by atoms with Gasteiger partial charge in [-0.15, -0.1) is 20.4 Å². The summed E-state index contributed by atoms with van der Waals surface area (Å²) < 4.78 is 71.0. The number of esters is 1. The van der Waals surface area contributed by atoms with Crippen molar-refractivity contribution in [2.45, 2.75) is 78.4 Å². The van der Waals surface area contributed by atoms with Gasteiger partial charge in [0.05, 0.1) is 12.3 Å². The Bertz CT molecular complexity index is 1300. The first-order valence-electron chi connectivity index (χ1n) is 13.2.